The van der Waals surface area contributed by atoms with E-state index in [0.29, 0.717) is 31.9 Å². The normalized spacial score (nSPS) is 11.8. The average molecular weight is 413 g/mol. The molecule has 0 fully saturated rings. The summed E-state index contributed by atoms with van der Waals surface area (Å²) < 4.78 is 5.24. The molecule has 0 aliphatic heterocycles. The van der Waals surface area contributed by atoms with Crippen molar-refractivity contribution in [2.45, 2.75) is 12.8 Å². The Bertz CT molecular complexity index is 788. The summed E-state index contributed by atoms with van der Waals surface area (Å²) in [6, 6.07) is 11.1. The van der Waals surface area contributed by atoms with Crippen LogP contribution in [-0.2, 0) is 4.79 Å². The van der Waals surface area contributed by atoms with Crippen LogP contribution in [0.3, 0.4) is 0 Å². The fraction of sp³-hybridized carbons (Fsp3) is 0.333. The minimum atomic E-state index is -0.547. The highest BCUT2D eigenvalue weighted by atomic mass is 35.5. The molecule has 27 heavy (non-hydrogen) atoms. The van der Waals surface area contributed by atoms with Gasteiger partial charge in [0.25, 0.3) is 0 Å². The number of amides is 2. The number of hydrogen-bond donors (Lipinski definition) is 4. The summed E-state index contributed by atoms with van der Waals surface area (Å²) in [7, 11) is 0. The molecular formula is C18H22Cl2N4O3. The van der Waals surface area contributed by atoms with Gasteiger partial charge in [-0.05, 0) is 58.9 Å². The predicted octanol–water partition coefficient (Wildman–Crippen LogP) is 2.63. The molecule has 7 nitrogen and oxygen atoms in total. The Balaban J connectivity index is 2.03. The van der Waals surface area contributed by atoms with Gasteiger partial charge in [0.2, 0.25) is 5.91 Å². The first kappa shape index (κ1) is 21.2. The predicted molar refractivity (Wildman–Crippen MR) is 107 cm³/mol. The van der Waals surface area contributed by atoms with E-state index in [1.807, 2.05) is 31.2 Å². The molecule has 1 atom stereocenters. The summed E-state index contributed by atoms with van der Waals surface area (Å²) in [5.41, 5.74) is 0.902. The highest BCUT2D eigenvalue weighted by Gasteiger charge is 2.15. The molecule has 2 aromatic rings. The van der Waals surface area contributed by atoms with E-state index in [2.05, 4.69) is 20.3 Å². The summed E-state index contributed by atoms with van der Waals surface area (Å²) in [5.74, 6) is 0.0808. The molecule has 146 valence electrons. The third kappa shape index (κ3) is 6.55. The molecule has 2 amide bonds. The zero-order chi connectivity index (χ0) is 19.6. The standard InChI is InChI=1S/C18H22Cl2N4O3/c1-12(17(25)21-6-8-23-19)13-2-3-15-11-16(5-4-14(15)10-13)27-18(26)22-7-9-24-20/h2-5,10-12,23-24H,6-9H2,1H3,(H,21,25)(H,22,26)/t12-/m1/s1. The van der Waals surface area contributed by atoms with Crippen molar-refractivity contribution in [3.05, 3.63) is 42.0 Å². The Labute approximate surface area is 167 Å². The first-order valence-corrected chi connectivity index (χ1v) is 9.25. The largest absolute Gasteiger partial charge is 0.412 e. The van der Waals surface area contributed by atoms with Crippen LogP contribution in [0.4, 0.5) is 4.79 Å². The molecule has 0 aliphatic carbocycles. The molecule has 0 spiro atoms. The van der Waals surface area contributed by atoms with Gasteiger partial charge in [0, 0.05) is 26.2 Å². The quantitative estimate of drug-likeness (QED) is 0.375. The molecule has 0 radical (unpaired) electrons. The van der Waals surface area contributed by atoms with Crippen molar-refractivity contribution in [1.29, 1.82) is 0 Å². The van der Waals surface area contributed by atoms with Crippen LogP contribution in [0.2, 0.25) is 0 Å². The lowest BCUT2D eigenvalue weighted by atomic mass is 9.97. The fourth-order valence-electron chi connectivity index (χ4n) is 2.47. The molecule has 9 heteroatoms. The van der Waals surface area contributed by atoms with Crippen LogP contribution in [0.15, 0.2) is 36.4 Å². The van der Waals surface area contributed by atoms with Gasteiger partial charge in [0.1, 0.15) is 5.75 Å². The van der Waals surface area contributed by atoms with Crippen LogP contribution in [0.25, 0.3) is 10.8 Å². The van der Waals surface area contributed by atoms with E-state index in [4.69, 9.17) is 28.3 Å². The van der Waals surface area contributed by atoms with Crippen LogP contribution in [0, 0.1) is 0 Å². The number of halogens is 2. The van der Waals surface area contributed by atoms with E-state index in [1.54, 1.807) is 12.1 Å². The van der Waals surface area contributed by atoms with Crippen molar-refractivity contribution in [1.82, 2.24) is 20.3 Å². The van der Waals surface area contributed by atoms with Crippen molar-refractivity contribution < 1.29 is 14.3 Å². The van der Waals surface area contributed by atoms with Crippen LogP contribution in [0.1, 0.15) is 18.4 Å². The summed E-state index contributed by atoms with van der Waals surface area (Å²) in [6.07, 6.45) is -0.547. The van der Waals surface area contributed by atoms with Gasteiger partial charge in [0.05, 0.1) is 5.92 Å². The molecule has 4 N–H and O–H groups in total. The van der Waals surface area contributed by atoms with Gasteiger partial charge in [-0.15, -0.1) is 0 Å². The lowest BCUT2D eigenvalue weighted by Crippen LogP contribution is -2.32. The van der Waals surface area contributed by atoms with E-state index in [0.717, 1.165) is 16.3 Å². The number of rotatable bonds is 9. The second-order valence-corrected chi connectivity index (χ2v) is 6.40. The zero-order valence-electron chi connectivity index (χ0n) is 14.9. The molecular weight excluding hydrogens is 391 g/mol. The molecule has 2 aromatic carbocycles. The monoisotopic (exact) mass is 412 g/mol. The van der Waals surface area contributed by atoms with Crippen molar-refractivity contribution in [2.24, 2.45) is 0 Å². The second-order valence-electron chi connectivity index (χ2n) is 5.86. The molecule has 0 aliphatic rings. The number of nitrogens with one attached hydrogen (secondary N) is 4. The van der Waals surface area contributed by atoms with Gasteiger partial charge in [-0.25, -0.2) is 14.5 Å². The van der Waals surface area contributed by atoms with Gasteiger partial charge in [-0.1, -0.05) is 24.3 Å². The SMILES string of the molecule is C[C@@H](C(=O)NCCNCl)c1ccc2cc(OC(=O)NCCNCl)ccc2c1. The third-order valence-electron chi connectivity index (χ3n) is 3.95. The van der Waals surface area contributed by atoms with Crippen LogP contribution in [-0.4, -0.2) is 38.2 Å². The van der Waals surface area contributed by atoms with Gasteiger partial charge in [-0.3, -0.25) is 4.79 Å². The number of ether oxygens (including phenoxy) is 1. The van der Waals surface area contributed by atoms with Crippen LogP contribution >= 0.6 is 23.6 Å². The first-order valence-electron chi connectivity index (χ1n) is 8.49. The van der Waals surface area contributed by atoms with E-state index in [-0.39, 0.29) is 11.8 Å². The summed E-state index contributed by atoms with van der Waals surface area (Å²) in [4.78, 5) is 28.7. The molecule has 0 saturated heterocycles. The lowest BCUT2D eigenvalue weighted by molar-refractivity contribution is -0.122. The van der Waals surface area contributed by atoms with Gasteiger partial charge < -0.3 is 15.4 Å². The fourth-order valence-corrected chi connectivity index (χ4v) is 2.66. The topological polar surface area (TPSA) is 91.5 Å². The van der Waals surface area contributed by atoms with Gasteiger partial charge in [0.15, 0.2) is 0 Å². The highest BCUT2D eigenvalue weighted by Crippen LogP contribution is 2.25. The summed E-state index contributed by atoms with van der Waals surface area (Å²) >= 11 is 10.7. The van der Waals surface area contributed by atoms with Gasteiger partial charge >= 0.3 is 6.09 Å². The Kier molecular flexibility index (Phi) is 8.60. The maximum absolute atomic E-state index is 12.2. The number of carbonyl (C=O) groups is 2. The van der Waals surface area contributed by atoms with Crippen molar-refractivity contribution in [2.75, 3.05) is 26.2 Å². The van der Waals surface area contributed by atoms with Crippen molar-refractivity contribution in [3.8, 4) is 5.75 Å². The molecule has 0 unspecified atom stereocenters. The number of benzene rings is 2. The Morgan fingerprint density at radius 1 is 0.926 bits per heavy atom. The smallest absolute Gasteiger partial charge is 0.410 e. The van der Waals surface area contributed by atoms with Crippen LogP contribution in [0.5, 0.6) is 5.75 Å². The minimum absolute atomic E-state index is 0.0654. The number of fused-ring (bicyclic) bond motifs is 1. The zero-order valence-corrected chi connectivity index (χ0v) is 16.4. The molecule has 0 saturated carbocycles. The minimum Gasteiger partial charge on any atom is -0.410 e. The third-order valence-corrected chi connectivity index (χ3v) is 4.33. The Morgan fingerprint density at radius 2 is 1.56 bits per heavy atom. The van der Waals surface area contributed by atoms with E-state index in [1.165, 1.54) is 0 Å². The maximum Gasteiger partial charge on any atom is 0.412 e. The van der Waals surface area contributed by atoms with E-state index in [9.17, 15) is 9.59 Å². The first-order chi connectivity index (χ1) is 13.0. The number of hydrogen-bond acceptors (Lipinski definition) is 5. The summed E-state index contributed by atoms with van der Waals surface area (Å²) in [6.45, 7) is 3.61. The van der Waals surface area contributed by atoms with Crippen LogP contribution < -0.4 is 25.0 Å². The molecule has 0 aromatic heterocycles. The van der Waals surface area contributed by atoms with Crippen molar-refractivity contribution >= 4 is 46.3 Å². The summed E-state index contributed by atoms with van der Waals surface area (Å²) in [5, 5.41) is 7.25. The molecule has 2 rings (SSSR count). The number of carbonyl (C=O) groups excluding carboxylic acids is 2. The Morgan fingerprint density at radius 3 is 2.26 bits per heavy atom. The van der Waals surface area contributed by atoms with Crippen molar-refractivity contribution in [3.63, 3.8) is 0 Å². The molecule has 0 heterocycles. The maximum atomic E-state index is 12.2. The van der Waals surface area contributed by atoms with E-state index < -0.39 is 6.09 Å². The Hall–Kier alpha value is -2.06. The molecule has 0 bridgehead atoms. The van der Waals surface area contributed by atoms with E-state index >= 15 is 0 Å². The van der Waals surface area contributed by atoms with Gasteiger partial charge in [-0.2, -0.15) is 0 Å². The second kappa shape index (κ2) is 10.9. The average Bonchev–Trinajstić information content (AvgIpc) is 2.67. The highest BCUT2D eigenvalue weighted by molar-refractivity contribution is 6.13. The lowest BCUT2D eigenvalue weighted by Gasteiger charge is -2.13.